The first-order chi connectivity index (χ1) is 12.6. The number of carbonyl (C=O) groups is 2. The molecule has 0 aromatic carbocycles. The maximum atomic E-state index is 12.0. The van der Waals surface area contributed by atoms with Crippen LogP contribution in [0.3, 0.4) is 0 Å². The van der Waals surface area contributed by atoms with Crippen molar-refractivity contribution in [1.82, 2.24) is 10.2 Å². The molecular weight excluding hydrogens is 340 g/mol. The van der Waals surface area contributed by atoms with Gasteiger partial charge in [-0.2, -0.15) is 0 Å². The van der Waals surface area contributed by atoms with E-state index in [1.165, 1.54) is 11.1 Å². The fourth-order valence-corrected chi connectivity index (χ4v) is 2.33. The second kappa shape index (κ2) is 9.71. The molecule has 9 heteroatoms. The number of hydrogen-bond acceptors (Lipinski definition) is 9. The zero-order valence-electron chi connectivity index (χ0n) is 15.3. The number of anilines is 2. The minimum Gasteiger partial charge on any atom is -0.462 e. The van der Waals surface area contributed by atoms with Crippen LogP contribution in [0.5, 0.6) is 0 Å². The van der Waals surface area contributed by atoms with E-state index in [0.717, 1.165) is 18.9 Å². The van der Waals surface area contributed by atoms with Gasteiger partial charge in [0.15, 0.2) is 17.2 Å². The Balaban J connectivity index is 2.15. The van der Waals surface area contributed by atoms with Crippen molar-refractivity contribution in [2.75, 3.05) is 56.4 Å². The highest BCUT2D eigenvalue weighted by molar-refractivity contribution is 6.14. The molecule has 0 spiro atoms. The summed E-state index contributed by atoms with van der Waals surface area (Å²) in [5.74, 6) is -0.245. The Hall–Kier alpha value is -2.68. The molecule has 0 unspecified atom stereocenters. The molecule has 1 fully saturated rings. The first-order valence-electron chi connectivity index (χ1n) is 8.52. The van der Waals surface area contributed by atoms with Crippen LogP contribution in [-0.2, 0) is 23.8 Å². The summed E-state index contributed by atoms with van der Waals surface area (Å²) in [5.41, 5.74) is -0.199. The predicted molar refractivity (Wildman–Crippen MR) is 94.8 cm³/mol. The van der Waals surface area contributed by atoms with E-state index in [-0.39, 0.29) is 18.8 Å². The average Bonchev–Trinajstić information content (AvgIpc) is 2.67. The van der Waals surface area contributed by atoms with Gasteiger partial charge in [0.05, 0.1) is 26.4 Å². The molecule has 0 amide bonds. The van der Waals surface area contributed by atoms with E-state index in [1.807, 2.05) is 6.07 Å². The number of carbonyl (C=O) groups excluding carboxylic acids is 2. The van der Waals surface area contributed by atoms with Crippen molar-refractivity contribution in [2.24, 2.45) is 0 Å². The smallest absolute Gasteiger partial charge is 0.347 e. The summed E-state index contributed by atoms with van der Waals surface area (Å²) in [6, 6.07) is 3.61. The van der Waals surface area contributed by atoms with Crippen molar-refractivity contribution in [1.29, 1.82) is 0 Å². The lowest BCUT2D eigenvalue weighted by molar-refractivity contribution is -0.146. The fourth-order valence-electron chi connectivity index (χ4n) is 2.33. The molecule has 1 aliphatic heterocycles. The predicted octanol–water partition coefficient (Wildman–Crippen LogP) is 0.759. The number of rotatable bonds is 7. The standard InChI is InChI=1S/C17H24N4O5/c1-4-25-16(22)13(17(23)26-5-2)12-20(3)14-6-7-15(19-18-14)21-8-10-24-11-9-21/h6-7,12H,4-5,8-11H2,1-3H3. The molecule has 1 saturated heterocycles. The van der Waals surface area contributed by atoms with Gasteiger partial charge < -0.3 is 24.0 Å². The summed E-state index contributed by atoms with van der Waals surface area (Å²) >= 11 is 0. The summed E-state index contributed by atoms with van der Waals surface area (Å²) in [4.78, 5) is 27.6. The Morgan fingerprint density at radius 1 is 1.15 bits per heavy atom. The maximum Gasteiger partial charge on any atom is 0.347 e. The number of ether oxygens (including phenoxy) is 3. The molecule has 0 aliphatic carbocycles. The highest BCUT2D eigenvalue weighted by Crippen LogP contribution is 2.16. The number of aromatic nitrogens is 2. The Kier molecular flexibility index (Phi) is 7.34. The second-order valence-corrected chi connectivity index (χ2v) is 5.44. The maximum absolute atomic E-state index is 12.0. The topological polar surface area (TPSA) is 94.1 Å². The largest absolute Gasteiger partial charge is 0.462 e. The van der Waals surface area contributed by atoms with Crippen molar-refractivity contribution < 1.29 is 23.8 Å². The Morgan fingerprint density at radius 3 is 2.27 bits per heavy atom. The molecule has 1 aromatic heterocycles. The molecule has 0 bridgehead atoms. The fraction of sp³-hybridized carbons (Fsp3) is 0.529. The first kappa shape index (κ1) is 19.6. The molecule has 2 heterocycles. The third-order valence-corrected chi connectivity index (χ3v) is 3.65. The Labute approximate surface area is 152 Å². The van der Waals surface area contributed by atoms with Gasteiger partial charge >= 0.3 is 11.9 Å². The van der Waals surface area contributed by atoms with Crippen LogP contribution in [0.2, 0.25) is 0 Å². The number of nitrogens with zero attached hydrogens (tertiary/aromatic N) is 4. The number of morpholine rings is 1. The van der Waals surface area contributed by atoms with Gasteiger partial charge in [0, 0.05) is 26.3 Å². The van der Waals surface area contributed by atoms with Gasteiger partial charge in [-0.15, -0.1) is 10.2 Å². The summed E-state index contributed by atoms with van der Waals surface area (Å²) in [7, 11) is 1.66. The first-order valence-corrected chi connectivity index (χ1v) is 8.52. The van der Waals surface area contributed by atoms with E-state index >= 15 is 0 Å². The van der Waals surface area contributed by atoms with Crippen LogP contribution >= 0.6 is 0 Å². The van der Waals surface area contributed by atoms with E-state index in [4.69, 9.17) is 14.2 Å². The monoisotopic (exact) mass is 364 g/mol. The van der Waals surface area contributed by atoms with Crippen molar-refractivity contribution in [3.05, 3.63) is 23.9 Å². The van der Waals surface area contributed by atoms with Gasteiger partial charge in [0.25, 0.3) is 0 Å². The SMILES string of the molecule is CCOC(=O)C(=CN(C)c1ccc(N2CCOCC2)nn1)C(=O)OCC. The highest BCUT2D eigenvalue weighted by atomic mass is 16.6. The molecule has 0 radical (unpaired) electrons. The lowest BCUT2D eigenvalue weighted by Gasteiger charge is -2.27. The van der Waals surface area contributed by atoms with Crippen LogP contribution in [0.1, 0.15) is 13.8 Å². The van der Waals surface area contributed by atoms with E-state index in [0.29, 0.717) is 19.0 Å². The van der Waals surface area contributed by atoms with Gasteiger partial charge in [0.1, 0.15) is 0 Å². The lowest BCUT2D eigenvalue weighted by atomic mass is 10.3. The lowest BCUT2D eigenvalue weighted by Crippen LogP contribution is -2.36. The molecule has 2 rings (SSSR count). The summed E-state index contributed by atoms with van der Waals surface area (Å²) < 4.78 is 15.2. The summed E-state index contributed by atoms with van der Waals surface area (Å²) in [5, 5.41) is 8.37. The van der Waals surface area contributed by atoms with Crippen LogP contribution in [0, 0.1) is 0 Å². The van der Waals surface area contributed by atoms with Gasteiger partial charge in [-0.1, -0.05) is 0 Å². The van der Waals surface area contributed by atoms with Crippen LogP contribution in [0.25, 0.3) is 0 Å². The number of esters is 2. The van der Waals surface area contributed by atoms with Crippen molar-refractivity contribution in [3.63, 3.8) is 0 Å². The van der Waals surface area contributed by atoms with Crippen LogP contribution in [-0.4, -0.2) is 68.7 Å². The van der Waals surface area contributed by atoms with Gasteiger partial charge in [-0.3, -0.25) is 0 Å². The van der Waals surface area contributed by atoms with E-state index in [2.05, 4.69) is 15.1 Å². The van der Waals surface area contributed by atoms with Crippen molar-refractivity contribution >= 4 is 23.6 Å². The molecule has 1 aliphatic rings. The molecule has 1 aromatic rings. The van der Waals surface area contributed by atoms with Crippen LogP contribution < -0.4 is 9.80 Å². The third-order valence-electron chi connectivity index (χ3n) is 3.65. The Bertz CT molecular complexity index is 621. The normalized spacial score (nSPS) is 13.7. The van der Waals surface area contributed by atoms with E-state index < -0.39 is 11.9 Å². The zero-order valence-corrected chi connectivity index (χ0v) is 15.3. The van der Waals surface area contributed by atoms with E-state index in [1.54, 1.807) is 27.0 Å². The molecule has 142 valence electrons. The number of hydrogen-bond donors (Lipinski definition) is 0. The molecule has 0 N–H and O–H groups in total. The minimum atomic E-state index is -0.740. The van der Waals surface area contributed by atoms with Crippen LogP contribution in [0.4, 0.5) is 11.6 Å². The summed E-state index contributed by atoms with van der Waals surface area (Å²) in [6.07, 6.45) is 1.34. The third kappa shape index (κ3) is 5.16. The van der Waals surface area contributed by atoms with E-state index in [9.17, 15) is 9.59 Å². The van der Waals surface area contributed by atoms with Gasteiger partial charge in [-0.25, -0.2) is 9.59 Å². The molecule has 26 heavy (non-hydrogen) atoms. The van der Waals surface area contributed by atoms with Crippen molar-refractivity contribution in [2.45, 2.75) is 13.8 Å². The van der Waals surface area contributed by atoms with Gasteiger partial charge in [0.2, 0.25) is 0 Å². The van der Waals surface area contributed by atoms with Gasteiger partial charge in [-0.05, 0) is 26.0 Å². The van der Waals surface area contributed by atoms with Crippen LogP contribution in [0.15, 0.2) is 23.9 Å². The average molecular weight is 364 g/mol. The quantitative estimate of drug-likeness (QED) is 0.301. The second-order valence-electron chi connectivity index (χ2n) is 5.44. The van der Waals surface area contributed by atoms with Crippen molar-refractivity contribution in [3.8, 4) is 0 Å². The molecule has 9 nitrogen and oxygen atoms in total. The zero-order chi connectivity index (χ0) is 18.9. The summed E-state index contributed by atoms with van der Waals surface area (Å²) in [6.45, 7) is 6.50. The molecule has 0 saturated carbocycles. The Morgan fingerprint density at radius 2 is 1.77 bits per heavy atom. The molecule has 0 atom stereocenters. The molecular formula is C17H24N4O5. The highest BCUT2D eigenvalue weighted by Gasteiger charge is 2.22. The minimum absolute atomic E-state index is 0.160.